The number of benzene rings is 2. The number of carbonyl (C=O) groups is 1. The highest BCUT2D eigenvalue weighted by Gasteiger charge is 2.16. The number of hydrogen-bond donors (Lipinski definition) is 2. The average molecular weight is 417 g/mol. The predicted octanol–water partition coefficient (Wildman–Crippen LogP) is 5.65. The van der Waals surface area contributed by atoms with Crippen LogP contribution >= 0.6 is 34.8 Å². The Morgan fingerprint density at radius 1 is 1.19 bits per heavy atom. The molecule has 0 atom stereocenters. The fourth-order valence-corrected chi connectivity index (χ4v) is 2.64. The van der Waals surface area contributed by atoms with Crippen molar-refractivity contribution in [3.05, 3.63) is 68.2 Å². The van der Waals surface area contributed by atoms with Crippen molar-refractivity contribution >= 4 is 52.2 Å². The van der Waals surface area contributed by atoms with Crippen LogP contribution in [0.4, 0.5) is 16.2 Å². The first-order valence-electron chi connectivity index (χ1n) is 7.08. The van der Waals surface area contributed by atoms with Gasteiger partial charge in [-0.15, -0.1) is 6.58 Å². The number of anilines is 1. The third-order valence-corrected chi connectivity index (χ3v) is 3.86. The Morgan fingerprint density at radius 2 is 1.85 bits per heavy atom. The van der Waals surface area contributed by atoms with Crippen molar-refractivity contribution in [3.63, 3.8) is 0 Å². The van der Waals surface area contributed by atoms with Gasteiger partial charge in [0.1, 0.15) is 5.75 Å². The number of hydrogen-bond acceptors (Lipinski definition) is 4. The number of rotatable bonds is 6. The molecular weight excluding hydrogens is 405 g/mol. The van der Waals surface area contributed by atoms with Crippen molar-refractivity contribution in [2.24, 2.45) is 0 Å². The van der Waals surface area contributed by atoms with E-state index in [1.54, 1.807) is 0 Å². The van der Waals surface area contributed by atoms with Gasteiger partial charge in [0.15, 0.2) is 5.75 Å². The molecule has 0 aromatic heterocycles. The van der Waals surface area contributed by atoms with E-state index in [-0.39, 0.29) is 32.3 Å². The van der Waals surface area contributed by atoms with Crippen molar-refractivity contribution in [1.82, 2.24) is 5.32 Å². The van der Waals surface area contributed by atoms with E-state index >= 15 is 0 Å². The van der Waals surface area contributed by atoms with E-state index < -0.39 is 11.0 Å². The van der Waals surface area contributed by atoms with Crippen molar-refractivity contribution in [1.29, 1.82) is 0 Å². The second-order valence-electron chi connectivity index (χ2n) is 4.87. The standard InChI is InChI=1S/C16H12Cl3N3O4/c1-2-5-20-16(23)21-9-6-12(18)15(13(19)7-9)26-14-4-3-10(22(24)25)8-11(14)17/h2-4,6-8H,1,5H2,(H2,20,21,23). The lowest BCUT2D eigenvalue weighted by Gasteiger charge is -2.13. The van der Waals surface area contributed by atoms with Crippen LogP contribution in [0.5, 0.6) is 11.5 Å². The molecule has 0 fully saturated rings. The number of non-ortho nitro benzene ring substituents is 1. The SMILES string of the molecule is C=CCNC(=O)Nc1cc(Cl)c(Oc2ccc([N+](=O)[O-])cc2Cl)c(Cl)c1. The van der Waals surface area contributed by atoms with Crippen LogP contribution in [0, 0.1) is 10.1 Å². The summed E-state index contributed by atoms with van der Waals surface area (Å²) in [6.07, 6.45) is 1.53. The van der Waals surface area contributed by atoms with Crippen LogP contribution < -0.4 is 15.4 Å². The number of nitro groups is 1. The van der Waals surface area contributed by atoms with Crippen LogP contribution in [0.3, 0.4) is 0 Å². The van der Waals surface area contributed by atoms with Crippen molar-refractivity contribution < 1.29 is 14.5 Å². The van der Waals surface area contributed by atoms with E-state index in [0.29, 0.717) is 12.2 Å². The molecule has 0 saturated heterocycles. The molecule has 0 radical (unpaired) electrons. The number of nitrogens with zero attached hydrogens (tertiary/aromatic N) is 1. The van der Waals surface area contributed by atoms with Gasteiger partial charge in [-0.25, -0.2) is 4.79 Å². The van der Waals surface area contributed by atoms with Crippen molar-refractivity contribution in [2.75, 3.05) is 11.9 Å². The zero-order valence-corrected chi connectivity index (χ0v) is 15.4. The van der Waals surface area contributed by atoms with E-state index in [2.05, 4.69) is 17.2 Å². The molecule has 0 bridgehead atoms. The first-order chi connectivity index (χ1) is 12.3. The fourth-order valence-electron chi connectivity index (χ4n) is 1.87. The molecule has 0 unspecified atom stereocenters. The Bertz CT molecular complexity index is 851. The highest BCUT2D eigenvalue weighted by atomic mass is 35.5. The van der Waals surface area contributed by atoms with Gasteiger partial charge < -0.3 is 15.4 Å². The molecule has 136 valence electrons. The summed E-state index contributed by atoms with van der Waals surface area (Å²) in [4.78, 5) is 21.8. The third kappa shape index (κ3) is 5.01. The molecule has 0 aliphatic rings. The summed E-state index contributed by atoms with van der Waals surface area (Å²) >= 11 is 18.3. The number of halogens is 3. The number of nitrogens with one attached hydrogen (secondary N) is 2. The summed E-state index contributed by atoms with van der Waals surface area (Å²) < 4.78 is 5.57. The first kappa shape index (κ1) is 19.8. The molecule has 0 spiro atoms. The van der Waals surface area contributed by atoms with Crippen molar-refractivity contribution in [2.45, 2.75) is 0 Å². The van der Waals surface area contributed by atoms with Crippen molar-refractivity contribution in [3.8, 4) is 11.5 Å². The molecule has 0 aliphatic carbocycles. The quantitative estimate of drug-likeness (QED) is 0.361. The number of urea groups is 1. The number of amides is 2. The van der Waals surface area contributed by atoms with Gasteiger partial charge in [-0.05, 0) is 18.2 Å². The van der Waals surface area contributed by atoms with Crippen LogP contribution in [-0.4, -0.2) is 17.5 Å². The number of nitro benzene ring substituents is 1. The Hall–Kier alpha value is -2.48. The predicted molar refractivity (Wildman–Crippen MR) is 102 cm³/mol. The van der Waals surface area contributed by atoms with Gasteiger partial charge in [0.25, 0.3) is 5.69 Å². The smallest absolute Gasteiger partial charge is 0.319 e. The lowest BCUT2D eigenvalue weighted by Crippen LogP contribution is -2.28. The molecule has 0 heterocycles. The van der Waals surface area contributed by atoms with Gasteiger partial charge in [0.05, 0.1) is 20.0 Å². The molecule has 10 heteroatoms. The number of carbonyl (C=O) groups excluding carboxylic acids is 1. The van der Waals surface area contributed by atoms with E-state index in [9.17, 15) is 14.9 Å². The average Bonchev–Trinajstić information content (AvgIpc) is 2.57. The van der Waals surface area contributed by atoms with Gasteiger partial charge >= 0.3 is 6.03 Å². The van der Waals surface area contributed by atoms with E-state index in [0.717, 1.165) is 6.07 Å². The highest BCUT2D eigenvalue weighted by molar-refractivity contribution is 6.38. The van der Waals surface area contributed by atoms with E-state index in [1.807, 2.05) is 0 Å². The van der Waals surface area contributed by atoms with Crippen LogP contribution in [0.1, 0.15) is 0 Å². The molecule has 26 heavy (non-hydrogen) atoms. The summed E-state index contributed by atoms with van der Waals surface area (Å²) in [5.74, 6) is 0.242. The van der Waals surface area contributed by atoms with Crippen LogP contribution in [-0.2, 0) is 0 Å². The summed E-state index contributed by atoms with van der Waals surface area (Å²) in [7, 11) is 0. The Kier molecular flexibility index (Phi) is 6.68. The zero-order chi connectivity index (χ0) is 19.3. The molecule has 2 rings (SSSR count). The minimum Gasteiger partial charge on any atom is -0.453 e. The molecular formula is C16H12Cl3N3O4. The van der Waals surface area contributed by atoms with Crippen LogP contribution in [0.25, 0.3) is 0 Å². The van der Waals surface area contributed by atoms with Gasteiger partial charge in [-0.2, -0.15) is 0 Å². The second-order valence-corrected chi connectivity index (χ2v) is 6.09. The summed E-state index contributed by atoms with van der Waals surface area (Å²) in [5.41, 5.74) is 0.174. The van der Waals surface area contributed by atoms with Gasteiger partial charge in [0.2, 0.25) is 0 Å². The minimum absolute atomic E-state index is 0.0253. The maximum Gasteiger partial charge on any atom is 0.319 e. The topological polar surface area (TPSA) is 93.5 Å². The fraction of sp³-hybridized carbons (Fsp3) is 0.0625. The van der Waals surface area contributed by atoms with E-state index in [1.165, 1.54) is 30.3 Å². The summed E-state index contributed by atoms with van der Waals surface area (Å²) in [6.45, 7) is 3.79. The van der Waals surface area contributed by atoms with Crippen LogP contribution in [0.15, 0.2) is 43.0 Å². The largest absolute Gasteiger partial charge is 0.453 e. The molecule has 0 aliphatic heterocycles. The summed E-state index contributed by atoms with van der Waals surface area (Å²) in [6, 6.07) is 6.15. The lowest BCUT2D eigenvalue weighted by atomic mass is 10.2. The lowest BCUT2D eigenvalue weighted by molar-refractivity contribution is -0.384. The molecule has 2 aromatic carbocycles. The Labute approximate surface area is 163 Å². The minimum atomic E-state index is -0.576. The van der Waals surface area contributed by atoms with Gasteiger partial charge in [0, 0.05) is 24.4 Å². The van der Waals surface area contributed by atoms with Gasteiger partial charge in [-0.3, -0.25) is 10.1 Å². The second kappa shape index (κ2) is 8.75. The maximum absolute atomic E-state index is 11.6. The van der Waals surface area contributed by atoms with Crippen LogP contribution in [0.2, 0.25) is 15.1 Å². The zero-order valence-electron chi connectivity index (χ0n) is 13.1. The third-order valence-electron chi connectivity index (χ3n) is 3.00. The Morgan fingerprint density at radius 3 is 2.38 bits per heavy atom. The maximum atomic E-state index is 11.6. The van der Waals surface area contributed by atoms with E-state index in [4.69, 9.17) is 39.5 Å². The molecule has 0 saturated carbocycles. The summed E-state index contributed by atoms with van der Waals surface area (Å²) in [5, 5.41) is 16.1. The molecule has 7 nitrogen and oxygen atoms in total. The Balaban J connectivity index is 2.22. The molecule has 2 aromatic rings. The first-order valence-corrected chi connectivity index (χ1v) is 8.21. The molecule has 2 amide bonds. The van der Waals surface area contributed by atoms with Gasteiger partial charge in [-0.1, -0.05) is 40.9 Å². The monoisotopic (exact) mass is 415 g/mol. The normalized spacial score (nSPS) is 10.1. The molecule has 2 N–H and O–H groups in total. The number of ether oxygens (including phenoxy) is 1. The highest BCUT2D eigenvalue weighted by Crippen LogP contribution is 2.41.